The number of piperazine rings is 1. The number of rotatable bonds is 10. The topological polar surface area (TPSA) is 38.8 Å². The van der Waals surface area contributed by atoms with Gasteiger partial charge < -0.3 is 15.1 Å². The van der Waals surface area contributed by atoms with E-state index in [0.29, 0.717) is 12.3 Å². The molecule has 0 unspecified atom stereocenters. The number of hydrogen-bond acceptors (Lipinski definition) is 5. The molecule has 0 atom stereocenters. The van der Waals surface area contributed by atoms with E-state index in [0.717, 1.165) is 65.4 Å². The van der Waals surface area contributed by atoms with Crippen LogP contribution in [0, 0.1) is 0 Å². The predicted molar refractivity (Wildman–Crippen MR) is 101 cm³/mol. The first kappa shape index (κ1) is 19.4. The van der Waals surface area contributed by atoms with Gasteiger partial charge >= 0.3 is 0 Å². The van der Waals surface area contributed by atoms with Crippen molar-refractivity contribution < 1.29 is 4.79 Å². The molecular formula is C18H32N4OS. The molecule has 0 spiro atoms. The van der Waals surface area contributed by atoms with Crippen molar-refractivity contribution in [3.63, 3.8) is 0 Å². The van der Waals surface area contributed by atoms with Crippen molar-refractivity contribution >= 4 is 17.2 Å². The number of thiophene rings is 1. The zero-order valence-corrected chi connectivity index (χ0v) is 16.0. The fourth-order valence-corrected chi connectivity index (χ4v) is 3.79. The monoisotopic (exact) mass is 352 g/mol. The number of nitrogens with one attached hydrogen (secondary N) is 1. The Bertz CT molecular complexity index is 456. The summed E-state index contributed by atoms with van der Waals surface area (Å²) in [5.74, 6) is 0.301. The molecule has 136 valence electrons. The standard InChI is InChI=1S/C18H32N4OS/c1-3-20(4-2)13-14-21(16-17-6-5-15-24-17)10-7-18(23)22-11-8-19-9-12-22/h5-6,15,19H,3-4,7-14,16H2,1-2H3. The molecule has 0 aliphatic carbocycles. The van der Waals surface area contributed by atoms with Gasteiger partial charge in [-0.3, -0.25) is 9.69 Å². The number of likely N-dealkylation sites (N-methyl/N-ethyl adjacent to an activating group) is 1. The predicted octanol–water partition coefficient (Wildman–Crippen LogP) is 1.71. The molecule has 2 rings (SSSR count). The summed E-state index contributed by atoms with van der Waals surface area (Å²) in [6.45, 7) is 14.0. The molecule has 1 saturated heterocycles. The number of hydrogen-bond donors (Lipinski definition) is 1. The van der Waals surface area contributed by atoms with Gasteiger partial charge in [0.15, 0.2) is 0 Å². The Balaban J connectivity index is 1.83. The minimum atomic E-state index is 0.301. The highest BCUT2D eigenvalue weighted by atomic mass is 32.1. The van der Waals surface area contributed by atoms with Gasteiger partial charge in [0.2, 0.25) is 5.91 Å². The minimum Gasteiger partial charge on any atom is -0.340 e. The summed E-state index contributed by atoms with van der Waals surface area (Å²) >= 11 is 1.80. The molecule has 1 aromatic rings. The van der Waals surface area contributed by atoms with Gasteiger partial charge in [0, 0.05) is 63.7 Å². The van der Waals surface area contributed by atoms with Crippen molar-refractivity contribution in [2.45, 2.75) is 26.8 Å². The van der Waals surface area contributed by atoms with Crippen LogP contribution in [0.5, 0.6) is 0 Å². The van der Waals surface area contributed by atoms with Gasteiger partial charge in [0.1, 0.15) is 0 Å². The fourth-order valence-electron chi connectivity index (χ4n) is 3.04. The van der Waals surface area contributed by atoms with E-state index in [9.17, 15) is 4.79 Å². The molecule has 5 nitrogen and oxygen atoms in total. The average Bonchev–Trinajstić information content (AvgIpc) is 3.13. The molecule has 0 saturated carbocycles. The molecule has 1 fully saturated rings. The number of carbonyl (C=O) groups is 1. The molecule has 1 amide bonds. The first-order valence-corrected chi connectivity index (χ1v) is 10.1. The molecule has 1 aliphatic rings. The van der Waals surface area contributed by atoms with Gasteiger partial charge in [-0.2, -0.15) is 0 Å². The van der Waals surface area contributed by atoms with Crippen LogP contribution in [-0.2, 0) is 11.3 Å². The van der Waals surface area contributed by atoms with Crippen molar-refractivity contribution in [3.8, 4) is 0 Å². The molecule has 6 heteroatoms. The third-order valence-corrected chi connectivity index (χ3v) is 5.56. The van der Waals surface area contributed by atoms with Crippen LogP contribution in [0.25, 0.3) is 0 Å². The maximum Gasteiger partial charge on any atom is 0.223 e. The van der Waals surface area contributed by atoms with Crippen LogP contribution in [0.4, 0.5) is 0 Å². The second-order valence-electron chi connectivity index (χ2n) is 6.26. The molecule has 1 aliphatic heterocycles. The van der Waals surface area contributed by atoms with E-state index in [1.54, 1.807) is 11.3 Å². The average molecular weight is 353 g/mol. The second-order valence-corrected chi connectivity index (χ2v) is 7.30. The molecular weight excluding hydrogens is 320 g/mol. The smallest absolute Gasteiger partial charge is 0.223 e. The quantitative estimate of drug-likeness (QED) is 0.696. The van der Waals surface area contributed by atoms with Crippen molar-refractivity contribution in [1.82, 2.24) is 20.0 Å². The summed E-state index contributed by atoms with van der Waals surface area (Å²) in [4.78, 5) is 20.7. The number of nitrogens with zero attached hydrogens (tertiary/aromatic N) is 3. The van der Waals surface area contributed by atoms with Crippen LogP contribution in [0.15, 0.2) is 17.5 Å². The van der Waals surface area contributed by atoms with Gasteiger partial charge in [-0.1, -0.05) is 19.9 Å². The van der Waals surface area contributed by atoms with Gasteiger partial charge in [-0.15, -0.1) is 11.3 Å². The maximum absolute atomic E-state index is 12.4. The Kier molecular flexibility index (Phi) is 8.74. The van der Waals surface area contributed by atoms with Gasteiger partial charge in [-0.25, -0.2) is 0 Å². The first-order chi connectivity index (χ1) is 11.7. The molecule has 0 radical (unpaired) electrons. The van der Waals surface area contributed by atoms with Crippen LogP contribution < -0.4 is 5.32 Å². The van der Waals surface area contributed by atoms with E-state index in [4.69, 9.17) is 0 Å². The van der Waals surface area contributed by atoms with E-state index >= 15 is 0 Å². The van der Waals surface area contributed by atoms with Crippen molar-refractivity contribution in [2.24, 2.45) is 0 Å². The number of amides is 1. The van der Waals surface area contributed by atoms with Crippen LogP contribution in [0.3, 0.4) is 0 Å². The molecule has 0 bridgehead atoms. The van der Waals surface area contributed by atoms with E-state index in [1.165, 1.54) is 4.88 Å². The Hall–Kier alpha value is -0.950. The Morgan fingerprint density at radius 2 is 1.88 bits per heavy atom. The van der Waals surface area contributed by atoms with Gasteiger partial charge in [-0.05, 0) is 24.5 Å². The lowest BCUT2D eigenvalue weighted by Gasteiger charge is -2.29. The zero-order valence-electron chi connectivity index (χ0n) is 15.2. The van der Waals surface area contributed by atoms with Gasteiger partial charge in [0.05, 0.1) is 0 Å². The maximum atomic E-state index is 12.4. The largest absolute Gasteiger partial charge is 0.340 e. The van der Waals surface area contributed by atoms with Crippen LogP contribution in [-0.4, -0.2) is 79.5 Å². The molecule has 0 aromatic carbocycles. The normalized spacial score (nSPS) is 15.4. The van der Waals surface area contributed by atoms with Crippen molar-refractivity contribution in [2.75, 3.05) is 58.9 Å². The second kappa shape index (κ2) is 10.8. The van der Waals surface area contributed by atoms with Crippen molar-refractivity contribution in [3.05, 3.63) is 22.4 Å². The summed E-state index contributed by atoms with van der Waals surface area (Å²) in [6.07, 6.45) is 0.629. The lowest BCUT2D eigenvalue weighted by molar-refractivity contribution is -0.132. The van der Waals surface area contributed by atoms with Crippen LogP contribution >= 0.6 is 11.3 Å². The molecule has 1 aromatic heterocycles. The summed E-state index contributed by atoms with van der Waals surface area (Å²) in [5, 5.41) is 5.43. The SMILES string of the molecule is CCN(CC)CCN(CCC(=O)N1CCNCC1)Cc1cccs1. The molecule has 24 heavy (non-hydrogen) atoms. The highest BCUT2D eigenvalue weighted by molar-refractivity contribution is 7.09. The first-order valence-electron chi connectivity index (χ1n) is 9.18. The number of carbonyl (C=O) groups excluding carboxylic acids is 1. The van der Waals surface area contributed by atoms with Crippen LogP contribution in [0.1, 0.15) is 25.1 Å². The summed E-state index contributed by atoms with van der Waals surface area (Å²) < 4.78 is 0. The summed E-state index contributed by atoms with van der Waals surface area (Å²) in [5.41, 5.74) is 0. The van der Waals surface area contributed by atoms with E-state index < -0.39 is 0 Å². The molecule has 2 heterocycles. The lowest BCUT2D eigenvalue weighted by atomic mass is 10.2. The summed E-state index contributed by atoms with van der Waals surface area (Å²) in [7, 11) is 0. The fraction of sp³-hybridized carbons (Fsp3) is 0.722. The van der Waals surface area contributed by atoms with E-state index in [1.807, 2.05) is 4.90 Å². The summed E-state index contributed by atoms with van der Waals surface area (Å²) in [6, 6.07) is 4.29. The Labute approximate surface area is 150 Å². The highest BCUT2D eigenvalue weighted by Crippen LogP contribution is 2.12. The van der Waals surface area contributed by atoms with Crippen molar-refractivity contribution in [1.29, 1.82) is 0 Å². The Morgan fingerprint density at radius 3 is 2.50 bits per heavy atom. The lowest BCUT2D eigenvalue weighted by Crippen LogP contribution is -2.47. The minimum absolute atomic E-state index is 0.301. The Morgan fingerprint density at radius 1 is 1.17 bits per heavy atom. The third kappa shape index (κ3) is 6.51. The zero-order chi connectivity index (χ0) is 17.2. The van der Waals surface area contributed by atoms with E-state index in [-0.39, 0.29) is 0 Å². The van der Waals surface area contributed by atoms with E-state index in [2.05, 4.69) is 46.5 Å². The van der Waals surface area contributed by atoms with Crippen LogP contribution in [0.2, 0.25) is 0 Å². The third-order valence-electron chi connectivity index (χ3n) is 4.70. The van der Waals surface area contributed by atoms with Gasteiger partial charge in [0.25, 0.3) is 0 Å². The molecule has 1 N–H and O–H groups in total. The highest BCUT2D eigenvalue weighted by Gasteiger charge is 2.17.